The van der Waals surface area contributed by atoms with Gasteiger partial charge in [-0.05, 0) is 56.4 Å². The van der Waals surface area contributed by atoms with Crippen LogP contribution in [0.3, 0.4) is 0 Å². The van der Waals surface area contributed by atoms with Crippen LogP contribution >= 0.6 is 27.5 Å². The Morgan fingerprint density at radius 1 is 1.10 bits per heavy atom. The molecule has 0 radical (unpaired) electrons. The van der Waals surface area contributed by atoms with E-state index in [1.165, 1.54) is 38.5 Å². The minimum absolute atomic E-state index is 0.356. The number of benzene rings is 1. The highest BCUT2D eigenvalue weighted by molar-refractivity contribution is 9.09. The van der Waals surface area contributed by atoms with Gasteiger partial charge in [0, 0.05) is 15.3 Å². The summed E-state index contributed by atoms with van der Waals surface area (Å²) in [6, 6.07) is 4.02. The molecule has 0 N–H and O–H groups in total. The molecule has 3 heteroatoms. The van der Waals surface area contributed by atoms with Crippen LogP contribution < -0.4 is 4.74 Å². The molecule has 2 saturated carbocycles. The summed E-state index contributed by atoms with van der Waals surface area (Å²) in [6.07, 6.45) is 9.56. The van der Waals surface area contributed by atoms with Gasteiger partial charge in [0.1, 0.15) is 11.9 Å². The third-order valence-electron chi connectivity index (χ3n) is 5.41. The van der Waals surface area contributed by atoms with Crippen molar-refractivity contribution in [3.8, 4) is 5.75 Å². The van der Waals surface area contributed by atoms with Crippen molar-refractivity contribution in [2.45, 2.75) is 69.7 Å². The topological polar surface area (TPSA) is 9.23 Å². The Morgan fingerprint density at radius 2 is 1.67 bits per heavy atom. The smallest absolute Gasteiger partial charge is 0.125 e. The summed E-state index contributed by atoms with van der Waals surface area (Å²) in [5, 5.41) is 0.800. The van der Waals surface area contributed by atoms with Crippen LogP contribution in [0.2, 0.25) is 5.02 Å². The van der Waals surface area contributed by atoms with E-state index in [1.807, 2.05) is 12.1 Å². The van der Waals surface area contributed by atoms with Crippen molar-refractivity contribution in [2.24, 2.45) is 5.41 Å². The van der Waals surface area contributed by atoms with Crippen molar-refractivity contribution in [3.05, 3.63) is 28.3 Å². The van der Waals surface area contributed by atoms with Crippen molar-refractivity contribution in [3.63, 3.8) is 0 Å². The standard InChI is InChI=1S/C18H24BrClO/c1-12-9-14(20)10-13(2)17(12)21-16-11-15(19)18(16)7-5-3-4-6-8-18/h9-10,15-16H,3-8,11H2,1-2H3. The number of rotatable bonds is 2. The monoisotopic (exact) mass is 370 g/mol. The normalized spacial score (nSPS) is 28.0. The Labute approximate surface area is 141 Å². The number of halogens is 2. The van der Waals surface area contributed by atoms with E-state index in [-0.39, 0.29) is 0 Å². The van der Waals surface area contributed by atoms with Gasteiger partial charge >= 0.3 is 0 Å². The molecule has 2 aliphatic rings. The van der Waals surface area contributed by atoms with E-state index in [0.717, 1.165) is 28.3 Å². The largest absolute Gasteiger partial charge is 0.489 e. The molecule has 2 fully saturated rings. The first-order valence-electron chi connectivity index (χ1n) is 8.10. The minimum Gasteiger partial charge on any atom is -0.489 e. The number of alkyl halides is 1. The summed E-state index contributed by atoms with van der Waals surface area (Å²) in [4.78, 5) is 0.626. The van der Waals surface area contributed by atoms with Gasteiger partial charge in [0.25, 0.3) is 0 Å². The van der Waals surface area contributed by atoms with Crippen molar-refractivity contribution in [1.82, 2.24) is 0 Å². The van der Waals surface area contributed by atoms with Crippen LogP contribution in [0.25, 0.3) is 0 Å². The van der Waals surface area contributed by atoms with Gasteiger partial charge in [0.2, 0.25) is 0 Å². The van der Waals surface area contributed by atoms with Gasteiger partial charge in [-0.2, -0.15) is 0 Å². The van der Waals surface area contributed by atoms with Crippen LogP contribution in [0.5, 0.6) is 5.75 Å². The van der Waals surface area contributed by atoms with Crippen LogP contribution in [0.1, 0.15) is 56.1 Å². The van der Waals surface area contributed by atoms with Crippen LogP contribution in [0.4, 0.5) is 0 Å². The molecule has 3 rings (SSSR count). The van der Waals surface area contributed by atoms with Gasteiger partial charge in [0.15, 0.2) is 0 Å². The number of hydrogen-bond donors (Lipinski definition) is 0. The number of hydrogen-bond acceptors (Lipinski definition) is 1. The maximum Gasteiger partial charge on any atom is 0.125 e. The average molecular weight is 372 g/mol. The Balaban J connectivity index is 1.82. The molecule has 0 bridgehead atoms. The highest BCUT2D eigenvalue weighted by atomic mass is 79.9. The van der Waals surface area contributed by atoms with Gasteiger partial charge in [-0.25, -0.2) is 0 Å². The molecule has 1 aromatic rings. The molecular formula is C18H24BrClO. The van der Waals surface area contributed by atoms with Gasteiger partial charge in [0.05, 0.1) is 0 Å². The van der Waals surface area contributed by atoms with Gasteiger partial charge in [-0.3, -0.25) is 0 Å². The zero-order valence-corrected chi connectivity index (χ0v) is 15.3. The molecule has 21 heavy (non-hydrogen) atoms. The zero-order valence-electron chi connectivity index (χ0n) is 12.9. The third kappa shape index (κ3) is 2.86. The first kappa shape index (κ1) is 15.7. The third-order valence-corrected chi connectivity index (χ3v) is 6.91. The highest BCUT2D eigenvalue weighted by Gasteiger charge is 2.55. The van der Waals surface area contributed by atoms with Crippen LogP contribution in [-0.4, -0.2) is 10.9 Å². The Hall–Kier alpha value is -0.210. The van der Waals surface area contributed by atoms with Crippen molar-refractivity contribution in [1.29, 1.82) is 0 Å². The lowest BCUT2D eigenvalue weighted by molar-refractivity contribution is -0.0468. The van der Waals surface area contributed by atoms with Crippen molar-refractivity contribution >= 4 is 27.5 Å². The molecule has 0 amide bonds. The maximum absolute atomic E-state index is 6.50. The fourth-order valence-electron chi connectivity index (χ4n) is 4.11. The first-order chi connectivity index (χ1) is 10.0. The molecular weight excluding hydrogens is 348 g/mol. The van der Waals surface area contributed by atoms with Crippen LogP contribution in [0.15, 0.2) is 12.1 Å². The molecule has 0 heterocycles. The minimum atomic E-state index is 0.356. The lowest BCUT2D eigenvalue weighted by Crippen LogP contribution is -2.56. The first-order valence-corrected chi connectivity index (χ1v) is 9.40. The molecule has 0 aromatic heterocycles. The summed E-state index contributed by atoms with van der Waals surface area (Å²) >= 11 is 10.0. The number of ether oxygens (including phenoxy) is 1. The summed E-state index contributed by atoms with van der Waals surface area (Å²) in [5.74, 6) is 1.05. The van der Waals surface area contributed by atoms with E-state index in [0.29, 0.717) is 16.3 Å². The quantitative estimate of drug-likeness (QED) is 0.561. The molecule has 2 unspecified atom stereocenters. The Bertz CT molecular complexity index is 497. The SMILES string of the molecule is Cc1cc(Cl)cc(C)c1OC1CC(Br)C12CCCCCC2. The van der Waals surface area contributed by atoms with E-state index in [4.69, 9.17) is 16.3 Å². The fraction of sp³-hybridized carbons (Fsp3) is 0.667. The van der Waals surface area contributed by atoms with E-state index in [1.54, 1.807) is 0 Å². The summed E-state index contributed by atoms with van der Waals surface area (Å²) < 4.78 is 6.50. The summed E-state index contributed by atoms with van der Waals surface area (Å²) in [7, 11) is 0. The van der Waals surface area contributed by atoms with Gasteiger partial charge in [-0.1, -0.05) is 53.2 Å². The molecule has 0 aliphatic heterocycles. The lowest BCUT2D eigenvalue weighted by Gasteiger charge is -2.53. The molecule has 2 aliphatic carbocycles. The summed E-state index contributed by atoms with van der Waals surface area (Å²) in [6.45, 7) is 4.19. The zero-order chi connectivity index (χ0) is 15.0. The molecule has 1 spiro atoms. The predicted octanol–water partition coefficient (Wildman–Crippen LogP) is 6.21. The molecule has 1 aromatic carbocycles. The van der Waals surface area contributed by atoms with E-state index >= 15 is 0 Å². The van der Waals surface area contributed by atoms with Crippen molar-refractivity contribution < 1.29 is 4.74 Å². The van der Waals surface area contributed by atoms with Gasteiger partial charge < -0.3 is 4.74 Å². The molecule has 0 saturated heterocycles. The number of aryl methyl sites for hydroxylation is 2. The van der Waals surface area contributed by atoms with E-state index in [9.17, 15) is 0 Å². The van der Waals surface area contributed by atoms with E-state index in [2.05, 4.69) is 29.8 Å². The molecule has 2 atom stereocenters. The van der Waals surface area contributed by atoms with Crippen LogP contribution in [0, 0.1) is 19.3 Å². The second kappa shape index (κ2) is 6.12. The average Bonchev–Trinajstić information content (AvgIpc) is 2.69. The lowest BCUT2D eigenvalue weighted by atomic mass is 9.61. The van der Waals surface area contributed by atoms with Crippen LogP contribution in [-0.2, 0) is 0 Å². The Morgan fingerprint density at radius 3 is 2.19 bits per heavy atom. The fourth-order valence-corrected chi connectivity index (χ4v) is 5.53. The second-order valence-corrected chi connectivity index (χ2v) is 8.37. The molecule has 1 nitrogen and oxygen atoms in total. The van der Waals surface area contributed by atoms with Gasteiger partial charge in [-0.15, -0.1) is 0 Å². The highest BCUT2D eigenvalue weighted by Crippen LogP contribution is 2.56. The second-order valence-electron chi connectivity index (χ2n) is 6.83. The van der Waals surface area contributed by atoms with E-state index < -0.39 is 0 Å². The summed E-state index contributed by atoms with van der Waals surface area (Å²) in [5.41, 5.74) is 2.67. The van der Waals surface area contributed by atoms with Crippen molar-refractivity contribution in [2.75, 3.05) is 0 Å². The Kier molecular flexibility index (Phi) is 4.57. The predicted molar refractivity (Wildman–Crippen MR) is 92.8 cm³/mol. The maximum atomic E-state index is 6.50. The molecule has 116 valence electrons.